The molecule has 0 heteroatoms. The molecule has 3 saturated carbocycles. The molecule has 0 aliphatic heterocycles. The Balaban J connectivity index is 1.67. The Hall–Kier alpha value is -0.260. The molecular weight excluding hydrogens is 180 g/mol. The van der Waals surface area contributed by atoms with E-state index in [-0.39, 0.29) is 0 Å². The summed E-state index contributed by atoms with van der Waals surface area (Å²) in [4.78, 5) is 0. The largest absolute Gasteiger partial charge is 0.0842 e. The first kappa shape index (κ1) is 8.84. The zero-order valence-electron chi connectivity index (χ0n) is 9.78. The van der Waals surface area contributed by atoms with Gasteiger partial charge in [0.25, 0.3) is 0 Å². The van der Waals surface area contributed by atoms with E-state index in [1.807, 2.05) is 0 Å². The topological polar surface area (TPSA) is 0 Å². The van der Waals surface area contributed by atoms with Gasteiger partial charge in [0.2, 0.25) is 0 Å². The minimum Gasteiger partial charge on any atom is -0.0842 e. The molecule has 0 nitrogen and oxygen atoms in total. The molecule has 4 rings (SSSR count). The molecule has 3 fully saturated rings. The first-order chi connectivity index (χ1) is 7.33. The highest BCUT2D eigenvalue weighted by molar-refractivity contribution is 5.34. The minimum atomic E-state index is 0.750. The lowest BCUT2D eigenvalue weighted by molar-refractivity contribution is 0.219. The average molecular weight is 202 g/mol. The van der Waals surface area contributed by atoms with Crippen molar-refractivity contribution >= 4 is 0 Å². The van der Waals surface area contributed by atoms with E-state index in [9.17, 15) is 0 Å². The van der Waals surface area contributed by atoms with Gasteiger partial charge in [-0.25, -0.2) is 0 Å². The van der Waals surface area contributed by atoms with Crippen LogP contribution in [0, 0.1) is 35.0 Å². The molecule has 4 aliphatic carbocycles. The van der Waals surface area contributed by atoms with Crippen LogP contribution in [-0.2, 0) is 0 Å². The van der Waals surface area contributed by atoms with Gasteiger partial charge in [-0.2, -0.15) is 0 Å². The van der Waals surface area contributed by atoms with Gasteiger partial charge in [0.1, 0.15) is 0 Å². The lowest BCUT2D eigenvalue weighted by Gasteiger charge is -2.29. The second-order valence-electron chi connectivity index (χ2n) is 6.65. The van der Waals surface area contributed by atoms with E-state index in [1.165, 1.54) is 25.7 Å². The molecule has 0 heterocycles. The van der Waals surface area contributed by atoms with Crippen molar-refractivity contribution in [1.82, 2.24) is 0 Å². The quantitative estimate of drug-likeness (QED) is 0.520. The predicted octanol–water partition coefficient (Wildman–Crippen LogP) is 4.02. The van der Waals surface area contributed by atoms with Crippen LogP contribution < -0.4 is 0 Å². The molecule has 6 atom stereocenters. The molecule has 0 N–H and O–H groups in total. The summed E-state index contributed by atoms with van der Waals surface area (Å²) in [5.41, 5.74) is 0.750. The van der Waals surface area contributed by atoms with E-state index < -0.39 is 0 Å². The van der Waals surface area contributed by atoms with E-state index in [4.69, 9.17) is 0 Å². The molecule has 0 radical (unpaired) electrons. The molecule has 15 heavy (non-hydrogen) atoms. The Labute approximate surface area is 93.1 Å². The smallest absolute Gasteiger partial charge is 0.0134 e. The van der Waals surface area contributed by atoms with Gasteiger partial charge in [-0.3, -0.25) is 0 Å². The Morgan fingerprint density at radius 1 is 0.867 bits per heavy atom. The maximum absolute atomic E-state index is 2.59. The van der Waals surface area contributed by atoms with Crippen molar-refractivity contribution in [1.29, 1.82) is 0 Å². The number of allylic oxidation sites excluding steroid dienone is 2. The third kappa shape index (κ3) is 0.905. The summed E-state index contributed by atoms with van der Waals surface area (Å²) in [6.45, 7) is 2.58. The molecule has 6 unspecified atom stereocenters. The van der Waals surface area contributed by atoms with E-state index in [2.05, 4.69) is 19.1 Å². The van der Waals surface area contributed by atoms with Crippen LogP contribution in [0.15, 0.2) is 12.2 Å². The van der Waals surface area contributed by atoms with Crippen molar-refractivity contribution in [3.05, 3.63) is 12.2 Å². The number of hydrogen-bond donors (Lipinski definition) is 0. The fraction of sp³-hybridized carbons (Fsp3) is 0.867. The summed E-state index contributed by atoms with van der Waals surface area (Å²) >= 11 is 0. The van der Waals surface area contributed by atoms with Crippen LogP contribution in [0.3, 0.4) is 0 Å². The maximum atomic E-state index is 2.59. The Morgan fingerprint density at radius 3 is 2.33 bits per heavy atom. The summed E-state index contributed by atoms with van der Waals surface area (Å²) in [6.07, 6.45) is 14.3. The highest BCUT2D eigenvalue weighted by Crippen LogP contribution is 2.79. The SMILES string of the molecule is CC12C3C=CC1C2C1CCCCCCC13. The molecule has 0 aromatic heterocycles. The van der Waals surface area contributed by atoms with Crippen LogP contribution in [-0.4, -0.2) is 0 Å². The van der Waals surface area contributed by atoms with Gasteiger partial charge in [-0.15, -0.1) is 0 Å². The van der Waals surface area contributed by atoms with Crippen LogP contribution in [0.25, 0.3) is 0 Å². The Morgan fingerprint density at radius 2 is 1.53 bits per heavy atom. The predicted molar refractivity (Wildman–Crippen MR) is 62.4 cm³/mol. The molecule has 82 valence electrons. The van der Waals surface area contributed by atoms with Gasteiger partial charge in [0, 0.05) is 0 Å². The van der Waals surface area contributed by atoms with Crippen LogP contribution in [0.1, 0.15) is 45.4 Å². The van der Waals surface area contributed by atoms with E-state index >= 15 is 0 Å². The van der Waals surface area contributed by atoms with Crippen molar-refractivity contribution < 1.29 is 0 Å². The van der Waals surface area contributed by atoms with Gasteiger partial charge < -0.3 is 0 Å². The Bertz CT molecular complexity index is 316. The first-order valence-corrected chi connectivity index (χ1v) is 7.02. The fourth-order valence-electron chi connectivity index (χ4n) is 5.59. The van der Waals surface area contributed by atoms with Gasteiger partial charge in [-0.1, -0.05) is 44.8 Å². The third-order valence-corrected chi connectivity index (χ3v) is 6.26. The van der Waals surface area contributed by atoms with E-state index in [1.54, 1.807) is 12.8 Å². The summed E-state index contributed by atoms with van der Waals surface area (Å²) in [5.74, 6) is 5.28. The van der Waals surface area contributed by atoms with Crippen molar-refractivity contribution in [2.45, 2.75) is 45.4 Å². The van der Waals surface area contributed by atoms with Crippen LogP contribution in [0.5, 0.6) is 0 Å². The van der Waals surface area contributed by atoms with Gasteiger partial charge in [0.15, 0.2) is 0 Å². The number of rotatable bonds is 0. The molecule has 0 aromatic rings. The lowest BCUT2D eigenvalue weighted by atomic mass is 9.76. The van der Waals surface area contributed by atoms with Crippen molar-refractivity contribution in [3.63, 3.8) is 0 Å². The van der Waals surface area contributed by atoms with Crippen molar-refractivity contribution in [2.24, 2.45) is 35.0 Å². The zero-order chi connectivity index (χ0) is 10.0. The highest BCUT2D eigenvalue weighted by atomic mass is 14.8. The standard InChI is InChI=1S/C15H22/c1-15-12-8-9-13(15)14(15)11-7-5-3-2-4-6-10(11)12/h8-14H,2-7H2,1H3. The third-order valence-electron chi connectivity index (χ3n) is 6.26. The molecule has 4 aliphatic rings. The first-order valence-electron chi connectivity index (χ1n) is 7.02. The zero-order valence-corrected chi connectivity index (χ0v) is 9.78. The molecule has 0 spiro atoms. The average Bonchev–Trinajstić information content (AvgIpc) is 2.58. The summed E-state index contributed by atoms with van der Waals surface area (Å²) < 4.78 is 0. The highest BCUT2D eigenvalue weighted by Gasteiger charge is 2.74. The second-order valence-corrected chi connectivity index (χ2v) is 6.65. The fourth-order valence-corrected chi connectivity index (χ4v) is 5.59. The summed E-state index contributed by atoms with van der Waals surface area (Å²) in [6, 6.07) is 0. The van der Waals surface area contributed by atoms with E-state index in [0.717, 1.165) is 35.0 Å². The van der Waals surface area contributed by atoms with Crippen LogP contribution >= 0.6 is 0 Å². The molecule has 0 amide bonds. The lowest BCUT2D eigenvalue weighted by Crippen LogP contribution is -2.21. The maximum Gasteiger partial charge on any atom is -0.0134 e. The van der Waals surface area contributed by atoms with Crippen LogP contribution in [0.4, 0.5) is 0 Å². The van der Waals surface area contributed by atoms with Crippen LogP contribution in [0.2, 0.25) is 0 Å². The van der Waals surface area contributed by atoms with Crippen molar-refractivity contribution in [2.75, 3.05) is 0 Å². The van der Waals surface area contributed by atoms with Gasteiger partial charge in [0.05, 0.1) is 0 Å². The summed E-state index contributed by atoms with van der Waals surface area (Å²) in [7, 11) is 0. The van der Waals surface area contributed by atoms with E-state index in [0.29, 0.717) is 0 Å². The molecule has 0 saturated heterocycles. The molecule has 0 aromatic carbocycles. The monoisotopic (exact) mass is 202 g/mol. The number of hydrogen-bond acceptors (Lipinski definition) is 0. The normalized spacial score (nSPS) is 60.7. The second kappa shape index (κ2) is 2.70. The number of fused-ring (bicyclic) bond motifs is 4. The Kier molecular flexibility index (Phi) is 1.59. The van der Waals surface area contributed by atoms with Gasteiger partial charge >= 0.3 is 0 Å². The molecular formula is C15H22. The van der Waals surface area contributed by atoms with Gasteiger partial charge in [-0.05, 0) is 47.8 Å². The van der Waals surface area contributed by atoms with Crippen molar-refractivity contribution in [3.8, 4) is 0 Å². The summed E-state index contributed by atoms with van der Waals surface area (Å²) in [5, 5.41) is 0. The minimum absolute atomic E-state index is 0.750. The molecule has 0 bridgehead atoms.